The largest absolute Gasteiger partial charge is 0.398 e. The van der Waals surface area contributed by atoms with Crippen molar-refractivity contribution < 1.29 is 4.79 Å². The van der Waals surface area contributed by atoms with Gasteiger partial charge in [-0.05, 0) is 42.9 Å². The topological polar surface area (TPSA) is 55.1 Å². The first-order chi connectivity index (χ1) is 7.83. The van der Waals surface area contributed by atoms with Crippen molar-refractivity contribution in [2.24, 2.45) is 11.3 Å². The number of hydrogen-bond donors (Lipinski definition) is 2. The molecule has 3 heteroatoms. The summed E-state index contributed by atoms with van der Waals surface area (Å²) < 4.78 is 0. The fraction of sp³-hybridized carbons (Fsp3) is 0.500. The third-order valence-corrected chi connectivity index (χ3v) is 3.79. The molecule has 1 unspecified atom stereocenters. The minimum Gasteiger partial charge on any atom is -0.398 e. The molecule has 1 aliphatic carbocycles. The quantitative estimate of drug-likeness (QED) is 0.770. The molecule has 1 aliphatic rings. The van der Waals surface area contributed by atoms with Gasteiger partial charge in [-0.2, -0.15) is 0 Å². The van der Waals surface area contributed by atoms with Gasteiger partial charge in [0.25, 0.3) is 0 Å². The van der Waals surface area contributed by atoms with Crippen molar-refractivity contribution in [3.8, 4) is 0 Å². The lowest BCUT2D eigenvalue weighted by Gasteiger charge is -2.14. The Kier molecular flexibility index (Phi) is 2.64. The van der Waals surface area contributed by atoms with E-state index in [0.29, 0.717) is 0 Å². The molecule has 1 atom stereocenters. The number of aryl methyl sites for hydroxylation is 1. The molecule has 92 valence electrons. The number of carbonyl (C=O) groups is 1. The molecule has 1 amide bonds. The van der Waals surface area contributed by atoms with E-state index in [2.05, 4.69) is 19.2 Å². The van der Waals surface area contributed by atoms with Crippen LogP contribution in [-0.2, 0) is 4.79 Å². The molecule has 1 aromatic rings. The van der Waals surface area contributed by atoms with Gasteiger partial charge in [0.1, 0.15) is 0 Å². The van der Waals surface area contributed by atoms with Crippen LogP contribution in [-0.4, -0.2) is 5.91 Å². The van der Waals surface area contributed by atoms with Crippen LogP contribution in [0, 0.1) is 25.2 Å². The molecule has 3 N–H and O–H groups in total. The van der Waals surface area contributed by atoms with E-state index in [1.54, 1.807) is 0 Å². The van der Waals surface area contributed by atoms with Crippen LogP contribution in [0.5, 0.6) is 0 Å². The van der Waals surface area contributed by atoms with Crippen LogP contribution >= 0.6 is 0 Å². The second kappa shape index (κ2) is 3.76. The molecule has 1 saturated carbocycles. The van der Waals surface area contributed by atoms with Gasteiger partial charge < -0.3 is 11.1 Å². The van der Waals surface area contributed by atoms with E-state index in [1.165, 1.54) is 0 Å². The molecule has 0 radical (unpaired) electrons. The summed E-state index contributed by atoms with van der Waals surface area (Å²) in [5, 5.41) is 3.02. The molecule has 3 nitrogen and oxygen atoms in total. The first-order valence-corrected chi connectivity index (χ1v) is 5.99. The van der Waals surface area contributed by atoms with Crippen molar-refractivity contribution in [1.29, 1.82) is 0 Å². The predicted molar refractivity (Wildman–Crippen MR) is 70.8 cm³/mol. The summed E-state index contributed by atoms with van der Waals surface area (Å²) in [6.07, 6.45) is 0.971. The summed E-state index contributed by atoms with van der Waals surface area (Å²) in [6.45, 7) is 8.17. The first kappa shape index (κ1) is 12.0. The number of hydrogen-bond acceptors (Lipinski definition) is 2. The molecule has 0 aromatic heterocycles. The summed E-state index contributed by atoms with van der Waals surface area (Å²) in [4.78, 5) is 12.1. The number of nitrogens with two attached hydrogens (primary N) is 1. The highest BCUT2D eigenvalue weighted by molar-refractivity contribution is 5.97. The van der Waals surface area contributed by atoms with E-state index in [-0.39, 0.29) is 17.2 Å². The molecular formula is C14H20N2O. The van der Waals surface area contributed by atoms with Gasteiger partial charge in [-0.3, -0.25) is 4.79 Å². The van der Waals surface area contributed by atoms with Crippen molar-refractivity contribution in [2.45, 2.75) is 34.1 Å². The average molecular weight is 232 g/mol. The summed E-state index contributed by atoms with van der Waals surface area (Å²) >= 11 is 0. The lowest BCUT2D eigenvalue weighted by Crippen LogP contribution is -2.18. The molecule has 0 bridgehead atoms. The average Bonchev–Trinajstić information content (AvgIpc) is 2.88. The Morgan fingerprint density at radius 2 is 2.00 bits per heavy atom. The Hall–Kier alpha value is -1.51. The van der Waals surface area contributed by atoms with Crippen molar-refractivity contribution in [3.63, 3.8) is 0 Å². The van der Waals surface area contributed by atoms with Crippen molar-refractivity contribution in [1.82, 2.24) is 0 Å². The van der Waals surface area contributed by atoms with E-state index in [4.69, 9.17) is 5.73 Å². The van der Waals surface area contributed by atoms with Crippen LogP contribution in [0.4, 0.5) is 11.4 Å². The summed E-state index contributed by atoms with van der Waals surface area (Å²) in [7, 11) is 0. The standard InChI is InChI=1S/C14H20N2O/c1-8-5-6-11(15)9(2)12(8)16-13(17)10-7-14(10,3)4/h5-6,10H,7,15H2,1-4H3,(H,16,17). The van der Waals surface area contributed by atoms with Gasteiger partial charge in [-0.25, -0.2) is 0 Å². The Morgan fingerprint density at radius 3 is 2.53 bits per heavy atom. The number of carbonyl (C=O) groups excluding carboxylic acids is 1. The second-order valence-corrected chi connectivity index (χ2v) is 5.71. The van der Waals surface area contributed by atoms with Gasteiger partial charge >= 0.3 is 0 Å². The smallest absolute Gasteiger partial charge is 0.228 e. The molecule has 0 spiro atoms. The Bertz CT molecular complexity index is 477. The molecule has 1 fully saturated rings. The van der Waals surface area contributed by atoms with Gasteiger partial charge in [0, 0.05) is 17.3 Å². The molecule has 0 heterocycles. The van der Waals surface area contributed by atoms with Gasteiger partial charge in [0.05, 0.1) is 0 Å². The monoisotopic (exact) mass is 232 g/mol. The summed E-state index contributed by atoms with van der Waals surface area (Å²) in [5.41, 5.74) is 9.63. The Morgan fingerprint density at radius 1 is 1.41 bits per heavy atom. The molecule has 2 rings (SSSR count). The second-order valence-electron chi connectivity index (χ2n) is 5.71. The van der Waals surface area contributed by atoms with E-state index in [0.717, 1.165) is 28.9 Å². The van der Waals surface area contributed by atoms with E-state index in [9.17, 15) is 4.79 Å². The van der Waals surface area contributed by atoms with Gasteiger partial charge in [0.15, 0.2) is 0 Å². The Labute approximate surface area is 102 Å². The highest BCUT2D eigenvalue weighted by Gasteiger charge is 2.50. The van der Waals surface area contributed by atoms with E-state index >= 15 is 0 Å². The lowest BCUT2D eigenvalue weighted by molar-refractivity contribution is -0.118. The van der Waals surface area contributed by atoms with Crippen molar-refractivity contribution in [3.05, 3.63) is 23.3 Å². The van der Waals surface area contributed by atoms with Crippen molar-refractivity contribution >= 4 is 17.3 Å². The van der Waals surface area contributed by atoms with E-state index in [1.807, 2.05) is 26.0 Å². The van der Waals surface area contributed by atoms with Crippen LogP contribution in [0.1, 0.15) is 31.4 Å². The third kappa shape index (κ3) is 2.14. The van der Waals surface area contributed by atoms with Gasteiger partial charge in [0.2, 0.25) is 5.91 Å². The predicted octanol–water partition coefficient (Wildman–Crippen LogP) is 2.87. The minimum atomic E-state index is 0.117. The maximum atomic E-state index is 12.1. The van der Waals surface area contributed by atoms with E-state index < -0.39 is 0 Å². The fourth-order valence-corrected chi connectivity index (χ4v) is 2.18. The third-order valence-electron chi connectivity index (χ3n) is 3.79. The number of anilines is 2. The SMILES string of the molecule is Cc1ccc(N)c(C)c1NC(=O)C1CC1(C)C. The highest BCUT2D eigenvalue weighted by Crippen LogP contribution is 2.52. The van der Waals surface area contributed by atoms with Crippen molar-refractivity contribution in [2.75, 3.05) is 11.1 Å². The first-order valence-electron chi connectivity index (χ1n) is 5.99. The van der Waals surface area contributed by atoms with Gasteiger partial charge in [-0.1, -0.05) is 19.9 Å². The zero-order chi connectivity index (χ0) is 12.8. The molecule has 17 heavy (non-hydrogen) atoms. The number of benzene rings is 1. The number of nitrogen functional groups attached to an aromatic ring is 1. The number of amides is 1. The van der Waals surface area contributed by atoms with Gasteiger partial charge in [-0.15, -0.1) is 0 Å². The summed E-state index contributed by atoms with van der Waals surface area (Å²) in [5.74, 6) is 0.259. The zero-order valence-electron chi connectivity index (χ0n) is 10.9. The maximum absolute atomic E-state index is 12.1. The molecular weight excluding hydrogens is 212 g/mol. The minimum absolute atomic E-state index is 0.117. The molecule has 0 saturated heterocycles. The normalized spacial score (nSPS) is 21.1. The maximum Gasteiger partial charge on any atom is 0.228 e. The Balaban J connectivity index is 2.20. The van der Waals surface area contributed by atoms with Crippen LogP contribution in [0.15, 0.2) is 12.1 Å². The summed E-state index contributed by atoms with van der Waals surface area (Å²) in [6, 6.07) is 3.82. The fourth-order valence-electron chi connectivity index (χ4n) is 2.18. The highest BCUT2D eigenvalue weighted by atomic mass is 16.2. The molecule has 0 aliphatic heterocycles. The van der Waals surface area contributed by atoms with Crippen LogP contribution in [0.25, 0.3) is 0 Å². The molecule has 1 aromatic carbocycles. The number of rotatable bonds is 2. The van der Waals surface area contributed by atoms with Crippen LogP contribution < -0.4 is 11.1 Å². The van der Waals surface area contributed by atoms with Crippen LogP contribution in [0.3, 0.4) is 0 Å². The lowest BCUT2D eigenvalue weighted by atomic mass is 10.1. The number of nitrogens with one attached hydrogen (secondary N) is 1. The van der Waals surface area contributed by atoms with Crippen LogP contribution in [0.2, 0.25) is 0 Å². The zero-order valence-corrected chi connectivity index (χ0v) is 10.9.